The van der Waals surface area contributed by atoms with Crippen LogP contribution in [0.5, 0.6) is 0 Å². The number of β-amino-alcohol motifs (C(OH)–C–C–N with tert-alkyl or cyclic N) is 1. The third kappa shape index (κ3) is 2.69. The summed E-state index contributed by atoms with van der Waals surface area (Å²) in [5.74, 6) is 0. The first-order chi connectivity index (χ1) is 8.38. The van der Waals surface area contributed by atoms with E-state index >= 15 is 0 Å². The lowest BCUT2D eigenvalue weighted by atomic mass is 10.0. The monoisotopic (exact) mass is 260 g/mol. The smallest absolute Gasteiger partial charge is 0.399 e. The van der Waals surface area contributed by atoms with Crippen molar-refractivity contribution in [2.24, 2.45) is 0 Å². The van der Waals surface area contributed by atoms with Crippen LogP contribution in [0.1, 0.15) is 12.0 Å². The number of alkyl halides is 3. The van der Waals surface area contributed by atoms with Gasteiger partial charge in [-0.1, -0.05) is 0 Å². The first-order valence-electron chi connectivity index (χ1n) is 5.76. The van der Waals surface area contributed by atoms with E-state index in [1.54, 1.807) is 23.1 Å². The van der Waals surface area contributed by atoms with E-state index in [9.17, 15) is 13.2 Å². The number of nitrogen functional groups attached to an aromatic ring is 1. The molecule has 3 nitrogen and oxygen atoms in total. The molecule has 0 aliphatic carbocycles. The van der Waals surface area contributed by atoms with Crippen molar-refractivity contribution in [2.45, 2.75) is 25.1 Å². The molecule has 1 heterocycles. The Balaban J connectivity index is 2.18. The number of fused-ring (bicyclic) bond motifs is 1. The van der Waals surface area contributed by atoms with Crippen LogP contribution in [0, 0.1) is 0 Å². The van der Waals surface area contributed by atoms with Crippen LogP contribution in [-0.2, 0) is 6.42 Å². The Morgan fingerprint density at radius 3 is 2.78 bits per heavy atom. The highest BCUT2D eigenvalue weighted by atomic mass is 19.4. The lowest BCUT2D eigenvalue weighted by Crippen LogP contribution is -2.43. The van der Waals surface area contributed by atoms with Crippen LogP contribution >= 0.6 is 0 Å². The number of aliphatic hydroxyl groups excluding tert-OH is 1. The number of hydrogen-bond acceptors (Lipinski definition) is 3. The van der Waals surface area contributed by atoms with Gasteiger partial charge in [-0.2, -0.15) is 13.2 Å². The van der Waals surface area contributed by atoms with Gasteiger partial charge in [0.2, 0.25) is 0 Å². The summed E-state index contributed by atoms with van der Waals surface area (Å²) in [7, 11) is 0. The van der Waals surface area contributed by atoms with Crippen molar-refractivity contribution >= 4 is 11.4 Å². The highest BCUT2D eigenvalue weighted by molar-refractivity contribution is 5.61. The summed E-state index contributed by atoms with van der Waals surface area (Å²) >= 11 is 0. The van der Waals surface area contributed by atoms with Gasteiger partial charge < -0.3 is 15.7 Å². The van der Waals surface area contributed by atoms with Crippen molar-refractivity contribution in [1.29, 1.82) is 0 Å². The van der Waals surface area contributed by atoms with Gasteiger partial charge in [0, 0.05) is 17.9 Å². The average molecular weight is 260 g/mol. The summed E-state index contributed by atoms with van der Waals surface area (Å²) in [6.07, 6.45) is -5.33. The highest BCUT2D eigenvalue weighted by Gasteiger charge is 2.39. The van der Waals surface area contributed by atoms with E-state index in [-0.39, 0.29) is 0 Å². The van der Waals surface area contributed by atoms with E-state index in [0.29, 0.717) is 12.2 Å². The van der Waals surface area contributed by atoms with E-state index in [1.165, 1.54) is 0 Å². The summed E-state index contributed by atoms with van der Waals surface area (Å²) in [6, 6.07) is 5.16. The van der Waals surface area contributed by atoms with Gasteiger partial charge in [-0.25, -0.2) is 0 Å². The Hall–Kier alpha value is -1.43. The van der Waals surface area contributed by atoms with Crippen molar-refractivity contribution in [2.75, 3.05) is 23.7 Å². The largest absolute Gasteiger partial charge is 0.416 e. The molecule has 100 valence electrons. The number of anilines is 2. The molecule has 1 aromatic carbocycles. The summed E-state index contributed by atoms with van der Waals surface area (Å²) in [4.78, 5) is 1.57. The highest BCUT2D eigenvalue weighted by Crippen LogP contribution is 2.30. The number of aliphatic hydroxyl groups is 1. The molecule has 0 fully saturated rings. The standard InChI is InChI=1S/C12H15F3N2O/c13-12(14,15)11(18)7-17-5-1-2-8-6-9(16)3-4-10(8)17/h3-4,6,11,18H,1-2,5,7,16H2. The van der Waals surface area contributed by atoms with E-state index in [2.05, 4.69) is 0 Å². The molecule has 1 unspecified atom stereocenters. The van der Waals surface area contributed by atoms with Crippen LogP contribution in [0.2, 0.25) is 0 Å². The van der Waals surface area contributed by atoms with Gasteiger partial charge >= 0.3 is 6.18 Å². The second-order valence-electron chi connectivity index (χ2n) is 4.50. The predicted molar refractivity (Wildman–Crippen MR) is 63.5 cm³/mol. The van der Waals surface area contributed by atoms with Gasteiger partial charge in [0.15, 0.2) is 6.10 Å². The van der Waals surface area contributed by atoms with Gasteiger partial charge in [-0.3, -0.25) is 0 Å². The summed E-state index contributed by atoms with van der Waals surface area (Å²) in [5, 5.41) is 9.13. The second kappa shape index (κ2) is 4.68. The topological polar surface area (TPSA) is 49.5 Å². The molecule has 1 atom stereocenters. The van der Waals surface area contributed by atoms with Crippen molar-refractivity contribution in [3.05, 3.63) is 23.8 Å². The lowest BCUT2D eigenvalue weighted by Gasteiger charge is -2.33. The third-order valence-corrected chi connectivity index (χ3v) is 3.09. The van der Waals surface area contributed by atoms with Gasteiger partial charge in [0.05, 0.1) is 6.54 Å². The number of halogens is 3. The molecule has 1 aliphatic rings. The molecule has 0 saturated carbocycles. The van der Waals surface area contributed by atoms with Crippen LogP contribution in [0.3, 0.4) is 0 Å². The van der Waals surface area contributed by atoms with Crippen molar-refractivity contribution in [1.82, 2.24) is 0 Å². The van der Waals surface area contributed by atoms with Gasteiger partial charge in [-0.15, -0.1) is 0 Å². The maximum absolute atomic E-state index is 12.3. The minimum Gasteiger partial charge on any atom is -0.399 e. The molecule has 0 saturated heterocycles. The number of rotatable bonds is 2. The molecule has 0 radical (unpaired) electrons. The van der Waals surface area contributed by atoms with Crippen LogP contribution in [0.4, 0.5) is 24.5 Å². The molecule has 0 bridgehead atoms. The summed E-state index contributed by atoms with van der Waals surface area (Å²) in [6.45, 7) is 0.0878. The van der Waals surface area contributed by atoms with Crippen LogP contribution in [0.15, 0.2) is 18.2 Å². The molecule has 18 heavy (non-hydrogen) atoms. The molecule has 0 amide bonds. The second-order valence-corrected chi connectivity index (χ2v) is 4.50. The van der Waals surface area contributed by atoms with E-state index in [1.807, 2.05) is 0 Å². The molecule has 1 aliphatic heterocycles. The van der Waals surface area contributed by atoms with Gasteiger partial charge in [0.1, 0.15) is 0 Å². The molecule has 3 N–H and O–H groups in total. The molecule has 1 aromatic rings. The van der Waals surface area contributed by atoms with E-state index in [0.717, 1.165) is 24.1 Å². The average Bonchev–Trinajstić information content (AvgIpc) is 2.27. The minimum absolute atomic E-state index is 0.430. The lowest BCUT2D eigenvalue weighted by molar-refractivity contribution is -0.200. The molecule has 6 heteroatoms. The van der Waals surface area contributed by atoms with Gasteiger partial charge in [-0.05, 0) is 36.6 Å². The molecule has 2 rings (SSSR count). The molecule has 0 aromatic heterocycles. The van der Waals surface area contributed by atoms with E-state index < -0.39 is 18.8 Å². The number of nitrogens with zero attached hydrogens (tertiary/aromatic N) is 1. The Kier molecular flexibility index (Phi) is 3.38. The zero-order valence-electron chi connectivity index (χ0n) is 9.74. The Morgan fingerprint density at radius 1 is 1.39 bits per heavy atom. The molecule has 0 spiro atoms. The quantitative estimate of drug-likeness (QED) is 0.799. The molecular weight excluding hydrogens is 245 g/mol. The molecular formula is C12H15F3N2O. The number of aryl methyl sites for hydroxylation is 1. The van der Waals surface area contributed by atoms with Crippen LogP contribution in [0.25, 0.3) is 0 Å². The minimum atomic E-state index is -4.58. The SMILES string of the molecule is Nc1ccc2c(c1)CCCN2CC(O)C(F)(F)F. The van der Waals surface area contributed by atoms with Crippen molar-refractivity contribution in [3.63, 3.8) is 0 Å². The summed E-state index contributed by atoms with van der Waals surface area (Å²) < 4.78 is 37.0. The van der Waals surface area contributed by atoms with Crippen LogP contribution in [-0.4, -0.2) is 30.5 Å². The Labute approximate surface area is 103 Å². The zero-order valence-corrected chi connectivity index (χ0v) is 9.74. The van der Waals surface area contributed by atoms with Crippen molar-refractivity contribution in [3.8, 4) is 0 Å². The third-order valence-electron chi connectivity index (χ3n) is 3.09. The maximum atomic E-state index is 12.3. The van der Waals surface area contributed by atoms with Crippen molar-refractivity contribution < 1.29 is 18.3 Å². The van der Waals surface area contributed by atoms with Gasteiger partial charge in [0.25, 0.3) is 0 Å². The number of hydrogen-bond donors (Lipinski definition) is 2. The first kappa shape index (κ1) is 13.0. The Bertz CT molecular complexity index is 434. The predicted octanol–water partition coefficient (Wildman–Crippen LogP) is 1.94. The number of nitrogens with two attached hydrogens (primary N) is 1. The normalized spacial score (nSPS) is 17.4. The van der Waals surface area contributed by atoms with Crippen LogP contribution < -0.4 is 10.6 Å². The maximum Gasteiger partial charge on any atom is 0.416 e. The fourth-order valence-corrected chi connectivity index (χ4v) is 2.20. The fourth-order valence-electron chi connectivity index (χ4n) is 2.20. The van der Waals surface area contributed by atoms with E-state index in [4.69, 9.17) is 10.8 Å². The summed E-state index contributed by atoms with van der Waals surface area (Å²) in [5.41, 5.74) is 7.93. The number of benzene rings is 1. The zero-order chi connectivity index (χ0) is 13.3. The first-order valence-corrected chi connectivity index (χ1v) is 5.76. The fraction of sp³-hybridized carbons (Fsp3) is 0.500. The Morgan fingerprint density at radius 2 is 2.11 bits per heavy atom.